The number of sulfone groups is 1. The van der Waals surface area contributed by atoms with E-state index in [4.69, 9.17) is 0 Å². The maximum Gasteiger partial charge on any atom is 0.153 e. The van der Waals surface area contributed by atoms with Gasteiger partial charge in [0, 0.05) is 24.9 Å². The molecule has 0 aromatic carbocycles. The predicted octanol–water partition coefficient (Wildman–Crippen LogP) is 1.27. The van der Waals surface area contributed by atoms with Gasteiger partial charge in [0.25, 0.3) is 0 Å². The van der Waals surface area contributed by atoms with Crippen LogP contribution in [0.3, 0.4) is 0 Å². The summed E-state index contributed by atoms with van der Waals surface area (Å²) < 4.78 is 23.1. The molecule has 1 aliphatic carbocycles. The largest absolute Gasteiger partial charge is 0.310 e. The monoisotopic (exact) mass is 288 g/mol. The first kappa shape index (κ1) is 15.3. The van der Waals surface area contributed by atoms with Crippen LogP contribution in [0, 0.1) is 5.92 Å². The van der Waals surface area contributed by atoms with Crippen molar-refractivity contribution in [2.45, 2.75) is 50.3 Å². The zero-order valence-electron chi connectivity index (χ0n) is 12.7. The topological polar surface area (TPSA) is 49.4 Å². The van der Waals surface area contributed by atoms with Crippen LogP contribution in [0.1, 0.15) is 40.0 Å². The number of nitrogens with one attached hydrogen (secondary N) is 1. The lowest BCUT2D eigenvalue weighted by Crippen LogP contribution is -2.53. The van der Waals surface area contributed by atoms with Crippen molar-refractivity contribution in [2.24, 2.45) is 5.92 Å². The first-order valence-electron chi connectivity index (χ1n) is 7.31. The van der Waals surface area contributed by atoms with Crippen molar-refractivity contribution in [3.05, 3.63) is 0 Å². The van der Waals surface area contributed by atoms with Gasteiger partial charge in [-0.3, -0.25) is 4.90 Å². The van der Waals surface area contributed by atoms with E-state index in [-0.39, 0.29) is 5.54 Å². The highest BCUT2D eigenvalue weighted by Gasteiger charge is 2.44. The Balaban J connectivity index is 2.07. The van der Waals surface area contributed by atoms with Gasteiger partial charge in [-0.15, -0.1) is 0 Å². The van der Waals surface area contributed by atoms with Gasteiger partial charge < -0.3 is 5.32 Å². The van der Waals surface area contributed by atoms with E-state index in [1.807, 2.05) is 13.8 Å². The number of hydrogen-bond donors (Lipinski definition) is 1. The molecular formula is C14H28N2O2S. The van der Waals surface area contributed by atoms with E-state index in [2.05, 4.69) is 17.1 Å². The van der Waals surface area contributed by atoms with E-state index < -0.39 is 14.6 Å². The molecule has 1 saturated heterocycles. The van der Waals surface area contributed by atoms with Crippen molar-refractivity contribution in [1.82, 2.24) is 10.2 Å². The minimum Gasteiger partial charge on any atom is -0.310 e. The summed E-state index contributed by atoms with van der Waals surface area (Å²) in [5.41, 5.74) is 0.171. The summed E-state index contributed by atoms with van der Waals surface area (Å²) in [7, 11) is -3.02. The highest BCUT2D eigenvalue weighted by atomic mass is 32.2. The van der Waals surface area contributed by atoms with Crippen molar-refractivity contribution in [1.29, 1.82) is 0 Å². The molecule has 1 aliphatic heterocycles. The molecule has 4 nitrogen and oxygen atoms in total. The van der Waals surface area contributed by atoms with Crippen LogP contribution >= 0.6 is 0 Å². The Morgan fingerprint density at radius 2 is 2.00 bits per heavy atom. The summed E-state index contributed by atoms with van der Waals surface area (Å²) in [5, 5.41) is 3.68. The van der Waals surface area contributed by atoms with E-state index in [0.29, 0.717) is 6.54 Å². The van der Waals surface area contributed by atoms with Crippen molar-refractivity contribution >= 4 is 9.84 Å². The maximum atomic E-state index is 11.9. The van der Waals surface area contributed by atoms with Crippen LogP contribution in [0.25, 0.3) is 0 Å². The van der Waals surface area contributed by atoms with E-state index in [1.54, 1.807) is 0 Å². The van der Waals surface area contributed by atoms with Crippen molar-refractivity contribution in [2.75, 3.05) is 32.4 Å². The standard InChI is InChI=1S/C14H28N2O2S/c1-13(2,19(4,17)18)10-16-9-5-8-15-14(3,11-16)12-6-7-12/h12,15H,5-11H2,1-4H3. The fourth-order valence-electron chi connectivity index (χ4n) is 3.06. The molecule has 0 spiro atoms. The van der Waals surface area contributed by atoms with Crippen LogP contribution in [-0.2, 0) is 9.84 Å². The fraction of sp³-hybridized carbons (Fsp3) is 1.00. The SMILES string of the molecule is CC1(C2CC2)CN(CC(C)(C)S(C)(=O)=O)CCCN1. The zero-order valence-corrected chi connectivity index (χ0v) is 13.5. The van der Waals surface area contributed by atoms with Gasteiger partial charge in [0.1, 0.15) is 0 Å². The summed E-state index contributed by atoms with van der Waals surface area (Å²) in [6.07, 6.45) is 5.07. The average molecular weight is 288 g/mol. The summed E-state index contributed by atoms with van der Waals surface area (Å²) >= 11 is 0. The minimum absolute atomic E-state index is 0.171. The maximum absolute atomic E-state index is 11.9. The molecule has 1 N–H and O–H groups in total. The zero-order chi connectivity index (χ0) is 14.3. The predicted molar refractivity (Wildman–Crippen MR) is 79.1 cm³/mol. The second-order valence-electron chi connectivity index (χ2n) is 7.21. The molecule has 1 saturated carbocycles. The quantitative estimate of drug-likeness (QED) is 0.846. The van der Waals surface area contributed by atoms with Gasteiger partial charge in [-0.2, -0.15) is 0 Å². The van der Waals surface area contributed by atoms with Gasteiger partial charge in [-0.05, 0) is 59.0 Å². The van der Waals surface area contributed by atoms with E-state index in [1.165, 1.54) is 19.1 Å². The molecular weight excluding hydrogens is 260 g/mol. The van der Waals surface area contributed by atoms with Crippen LogP contribution in [0.2, 0.25) is 0 Å². The third-order valence-corrected chi connectivity index (χ3v) is 6.96. The summed E-state index contributed by atoms with van der Waals surface area (Å²) in [5.74, 6) is 0.773. The van der Waals surface area contributed by atoms with Gasteiger partial charge in [0.2, 0.25) is 0 Å². The second-order valence-corrected chi connectivity index (χ2v) is 9.86. The Labute approximate surface area is 117 Å². The van der Waals surface area contributed by atoms with Crippen molar-refractivity contribution < 1.29 is 8.42 Å². The Hall–Kier alpha value is -0.130. The lowest BCUT2D eigenvalue weighted by atomic mass is 9.95. The Bertz CT molecular complexity index is 429. The molecule has 1 atom stereocenters. The van der Waals surface area contributed by atoms with Gasteiger partial charge >= 0.3 is 0 Å². The normalized spacial score (nSPS) is 31.2. The van der Waals surface area contributed by atoms with Gasteiger partial charge in [-0.25, -0.2) is 8.42 Å². The highest BCUT2D eigenvalue weighted by Crippen LogP contribution is 2.40. The second kappa shape index (κ2) is 5.01. The Morgan fingerprint density at radius 1 is 1.37 bits per heavy atom. The molecule has 1 unspecified atom stereocenters. The summed E-state index contributed by atoms with van der Waals surface area (Å²) in [4.78, 5) is 2.35. The number of hydrogen-bond acceptors (Lipinski definition) is 4. The van der Waals surface area contributed by atoms with Crippen molar-refractivity contribution in [3.63, 3.8) is 0 Å². The summed E-state index contributed by atoms with van der Waals surface area (Å²) in [6, 6.07) is 0. The number of rotatable bonds is 4. The molecule has 1 heterocycles. The first-order valence-corrected chi connectivity index (χ1v) is 9.20. The molecule has 0 aromatic rings. The highest BCUT2D eigenvalue weighted by molar-refractivity contribution is 7.92. The fourth-order valence-corrected chi connectivity index (χ4v) is 3.48. The lowest BCUT2D eigenvalue weighted by molar-refractivity contribution is 0.189. The van der Waals surface area contributed by atoms with Crippen LogP contribution in [0.4, 0.5) is 0 Å². The molecule has 2 rings (SSSR count). The molecule has 2 fully saturated rings. The molecule has 19 heavy (non-hydrogen) atoms. The summed E-state index contributed by atoms with van der Waals surface area (Å²) in [6.45, 7) is 9.63. The molecule has 0 aromatic heterocycles. The first-order chi connectivity index (χ1) is 8.64. The molecule has 5 heteroatoms. The van der Waals surface area contributed by atoms with Gasteiger partial charge in [-0.1, -0.05) is 0 Å². The van der Waals surface area contributed by atoms with E-state index >= 15 is 0 Å². The van der Waals surface area contributed by atoms with Crippen LogP contribution in [0.15, 0.2) is 0 Å². The van der Waals surface area contributed by atoms with Gasteiger partial charge in [0.15, 0.2) is 9.84 Å². The lowest BCUT2D eigenvalue weighted by Gasteiger charge is -2.37. The van der Waals surface area contributed by atoms with Crippen molar-refractivity contribution in [3.8, 4) is 0 Å². The van der Waals surface area contributed by atoms with Gasteiger partial charge in [0.05, 0.1) is 4.75 Å². The van der Waals surface area contributed by atoms with Crippen LogP contribution < -0.4 is 5.32 Å². The number of nitrogens with zero attached hydrogens (tertiary/aromatic N) is 1. The molecule has 0 radical (unpaired) electrons. The Kier molecular flexibility index (Phi) is 4.02. The molecule has 0 amide bonds. The molecule has 112 valence electrons. The third-order valence-electron chi connectivity index (χ3n) is 4.82. The van der Waals surface area contributed by atoms with E-state index in [0.717, 1.165) is 32.0 Å². The smallest absolute Gasteiger partial charge is 0.153 e. The molecule has 0 bridgehead atoms. The minimum atomic E-state index is -3.02. The molecule has 2 aliphatic rings. The Morgan fingerprint density at radius 3 is 2.53 bits per heavy atom. The van der Waals surface area contributed by atoms with Crippen LogP contribution in [-0.4, -0.2) is 56.0 Å². The average Bonchev–Trinajstić information content (AvgIpc) is 3.03. The van der Waals surface area contributed by atoms with E-state index in [9.17, 15) is 8.42 Å². The third kappa shape index (κ3) is 3.50. The van der Waals surface area contributed by atoms with Crippen LogP contribution in [0.5, 0.6) is 0 Å².